The smallest absolute Gasteiger partial charge is 0.264 e. The summed E-state index contributed by atoms with van der Waals surface area (Å²) in [5.41, 5.74) is 3.87. The predicted octanol–water partition coefficient (Wildman–Crippen LogP) is 5.79. The number of carbonyl (C=O) groups excluding carboxylic acids is 2. The topological polar surface area (TPSA) is 86.8 Å². The molecule has 0 saturated carbocycles. The van der Waals surface area contributed by atoms with E-state index in [0.29, 0.717) is 18.0 Å². The summed E-state index contributed by atoms with van der Waals surface area (Å²) in [6.07, 6.45) is 1.12. The maximum absolute atomic E-state index is 14.1. The highest BCUT2D eigenvalue weighted by molar-refractivity contribution is 7.92. The second-order valence-electron chi connectivity index (χ2n) is 9.98. The fraction of sp³-hybridized carbons (Fsp3) is 0.355. The van der Waals surface area contributed by atoms with E-state index in [-0.39, 0.29) is 23.0 Å². The molecule has 9 heteroatoms. The van der Waals surface area contributed by atoms with Gasteiger partial charge in [0.2, 0.25) is 11.8 Å². The second-order valence-corrected chi connectivity index (χ2v) is 12.3. The number of nitrogens with one attached hydrogen (secondary N) is 1. The van der Waals surface area contributed by atoms with Crippen molar-refractivity contribution in [1.82, 2.24) is 10.2 Å². The van der Waals surface area contributed by atoms with Gasteiger partial charge in [-0.05, 0) is 69.0 Å². The Bertz CT molecular complexity index is 1420. The van der Waals surface area contributed by atoms with Gasteiger partial charge < -0.3 is 10.2 Å². The molecule has 0 fully saturated rings. The maximum Gasteiger partial charge on any atom is 0.264 e. The Morgan fingerprint density at radius 2 is 1.50 bits per heavy atom. The number of benzene rings is 3. The fourth-order valence-electron chi connectivity index (χ4n) is 4.28. The number of amides is 2. The van der Waals surface area contributed by atoms with Crippen molar-refractivity contribution >= 4 is 39.1 Å². The highest BCUT2D eigenvalue weighted by atomic mass is 35.5. The summed E-state index contributed by atoms with van der Waals surface area (Å²) in [5, 5.41) is 3.28. The maximum atomic E-state index is 14.1. The van der Waals surface area contributed by atoms with Gasteiger partial charge in [-0.1, -0.05) is 79.0 Å². The monoisotopic (exact) mass is 583 g/mol. The molecule has 7 nitrogen and oxygen atoms in total. The summed E-state index contributed by atoms with van der Waals surface area (Å²) in [5.74, 6) is -0.761. The number of rotatable bonds is 12. The number of aryl methyl sites for hydroxylation is 3. The zero-order valence-electron chi connectivity index (χ0n) is 23.8. The lowest BCUT2D eigenvalue weighted by molar-refractivity contribution is -0.140. The van der Waals surface area contributed by atoms with Crippen molar-refractivity contribution in [2.45, 2.75) is 64.9 Å². The molecule has 2 amide bonds. The van der Waals surface area contributed by atoms with Crippen LogP contribution in [0.4, 0.5) is 5.69 Å². The number of hydrogen-bond donors (Lipinski definition) is 1. The van der Waals surface area contributed by atoms with Gasteiger partial charge in [0, 0.05) is 18.1 Å². The highest BCUT2D eigenvalue weighted by Gasteiger charge is 2.33. The molecule has 1 unspecified atom stereocenters. The van der Waals surface area contributed by atoms with Crippen LogP contribution in [0.15, 0.2) is 71.6 Å². The van der Waals surface area contributed by atoms with Crippen molar-refractivity contribution in [2.24, 2.45) is 0 Å². The molecule has 1 atom stereocenters. The van der Waals surface area contributed by atoms with Gasteiger partial charge in [-0.2, -0.15) is 0 Å². The minimum Gasteiger partial charge on any atom is -0.354 e. The van der Waals surface area contributed by atoms with Crippen LogP contribution in [0.5, 0.6) is 0 Å². The molecule has 0 aliphatic heterocycles. The van der Waals surface area contributed by atoms with Gasteiger partial charge >= 0.3 is 0 Å². The van der Waals surface area contributed by atoms with E-state index in [1.807, 2.05) is 58.9 Å². The van der Waals surface area contributed by atoms with Gasteiger partial charge in [-0.3, -0.25) is 13.9 Å². The molecule has 0 heterocycles. The number of sulfonamides is 1. The first-order valence-corrected chi connectivity index (χ1v) is 15.3. The Morgan fingerprint density at radius 3 is 2.05 bits per heavy atom. The SMILES string of the molecule is CCCNC(=O)C(CC)N(Cc1ccc(C)cc1)C(=O)CN(c1ccc(C)c(Cl)c1)S(=O)(=O)c1ccc(C)cc1. The minimum absolute atomic E-state index is 0.0559. The number of carbonyl (C=O) groups is 2. The van der Waals surface area contributed by atoms with Gasteiger partial charge in [-0.25, -0.2) is 8.42 Å². The molecule has 0 radical (unpaired) electrons. The van der Waals surface area contributed by atoms with E-state index in [1.54, 1.807) is 30.3 Å². The van der Waals surface area contributed by atoms with E-state index in [4.69, 9.17) is 11.6 Å². The summed E-state index contributed by atoms with van der Waals surface area (Å²) >= 11 is 6.39. The molecule has 40 heavy (non-hydrogen) atoms. The van der Waals surface area contributed by atoms with Crippen LogP contribution in [0.25, 0.3) is 0 Å². The van der Waals surface area contributed by atoms with Crippen LogP contribution >= 0.6 is 11.6 Å². The molecule has 0 saturated heterocycles. The van der Waals surface area contributed by atoms with Gasteiger partial charge in [-0.15, -0.1) is 0 Å². The number of hydrogen-bond acceptors (Lipinski definition) is 4. The minimum atomic E-state index is -4.15. The summed E-state index contributed by atoms with van der Waals surface area (Å²) < 4.78 is 29.0. The average molecular weight is 584 g/mol. The molecule has 0 aliphatic carbocycles. The standard InChI is InChI=1S/C31H38ClN3O4S/c1-6-18-33-31(37)29(7-2)34(20-25-13-8-22(3)9-14-25)30(36)21-35(26-15-12-24(5)28(32)19-26)40(38,39)27-16-10-23(4)11-17-27/h8-17,19,29H,6-7,18,20-21H2,1-5H3,(H,33,37). The first kappa shape index (κ1) is 31.2. The molecular formula is C31H38ClN3O4S. The van der Waals surface area contributed by atoms with Crippen molar-refractivity contribution in [3.05, 3.63) is 94.0 Å². The average Bonchev–Trinajstić information content (AvgIpc) is 2.93. The van der Waals surface area contributed by atoms with Crippen LogP contribution in [0, 0.1) is 20.8 Å². The number of nitrogens with zero attached hydrogens (tertiary/aromatic N) is 2. The zero-order chi connectivity index (χ0) is 29.4. The molecule has 3 aromatic carbocycles. The van der Waals surface area contributed by atoms with E-state index in [9.17, 15) is 18.0 Å². The summed E-state index contributed by atoms with van der Waals surface area (Å²) in [4.78, 5) is 28.8. The van der Waals surface area contributed by atoms with Crippen LogP contribution in [-0.2, 0) is 26.2 Å². The lowest BCUT2D eigenvalue weighted by atomic mass is 10.1. The normalized spacial score (nSPS) is 12.1. The number of anilines is 1. The van der Waals surface area contributed by atoms with Crippen molar-refractivity contribution in [3.63, 3.8) is 0 Å². The third-order valence-electron chi connectivity index (χ3n) is 6.74. The van der Waals surface area contributed by atoms with Gasteiger partial charge in [0.05, 0.1) is 10.6 Å². The van der Waals surface area contributed by atoms with Gasteiger partial charge in [0.15, 0.2) is 0 Å². The van der Waals surface area contributed by atoms with Crippen molar-refractivity contribution in [3.8, 4) is 0 Å². The molecule has 0 aromatic heterocycles. The molecule has 0 bridgehead atoms. The Balaban J connectivity index is 2.07. The van der Waals surface area contributed by atoms with Crippen LogP contribution in [0.2, 0.25) is 5.02 Å². The molecule has 3 aromatic rings. The third-order valence-corrected chi connectivity index (χ3v) is 8.94. The molecular weight excluding hydrogens is 546 g/mol. The first-order chi connectivity index (χ1) is 19.0. The number of halogens is 1. The van der Waals surface area contributed by atoms with E-state index in [2.05, 4.69) is 5.32 Å². The third kappa shape index (κ3) is 7.64. The molecule has 214 valence electrons. The largest absolute Gasteiger partial charge is 0.354 e. The van der Waals surface area contributed by atoms with Crippen molar-refractivity contribution in [2.75, 3.05) is 17.4 Å². The van der Waals surface area contributed by atoms with Crippen LogP contribution < -0.4 is 9.62 Å². The highest BCUT2D eigenvalue weighted by Crippen LogP contribution is 2.29. The van der Waals surface area contributed by atoms with Crippen LogP contribution in [0.1, 0.15) is 48.9 Å². The van der Waals surface area contributed by atoms with E-state index < -0.39 is 28.5 Å². The lowest BCUT2D eigenvalue weighted by Crippen LogP contribution is -2.52. The molecule has 1 N–H and O–H groups in total. The Kier molecular flexibility index (Phi) is 10.8. The fourth-order valence-corrected chi connectivity index (χ4v) is 5.86. The Morgan fingerprint density at radius 1 is 0.900 bits per heavy atom. The predicted molar refractivity (Wildman–Crippen MR) is 161 cm³/mol. The second kappa shape index (κ2) is 13.8. The quantitative estimate of drug-likeness (QED) is 0.292. The van der Waals surface area contributed by atoms with Gasteiger partial charge in [0.1, 0.15) is 12.6 Å². The summed E-state index contributed by atoms with van der Waals surface area (Å²) in [6.45, 7) is 9.60. The zero-order valence-corrected chi connectivity index (χ0v) is 25.3. The van der Waals surface area contributed by atoms with Crippen LogP contribution in [-0.4, -0.2) is 44.3 Å². The molecule has 3 rings (SSSR count). The van der Waals surface area contributed by atoms with Gasteiger partial charge in [0.25, 0.3) is 10.0 Å². The molecule has 0 spiro atoms. The van der Waals surface area contributed by atoms with Crippen LogP contribution in [0.3, 0.4) is 0 Å². The lowest BCUT2D eigenvalue weighted by Gasteiger charge is -2.33. The van der Waals surface area contributed by atoms with E-state index in [0.717, 1.165) is 33.0 Å². The van der Waals surface area contributed by atoms with Crippen molar-refractivity contribution in [1.29, 1.82) is 0 Å². The Hall–Kier alpha value is -3.36. The molecule has 0 aliphatic rings. The van der Waals surface area contributed by atoms with Crippen molar-refractivity contribution < 1.29 is 18.0 Å². The summed E-state index contributed by atoms with van der Waals surface area (Å²) in [6, 6.07) is 18.3. The Labute approximate surface area is 243 Å². The first-order valence-electron chi connectivity index (χ1n) is 13.5. The van der Waals surface area contributed by atoms with E-state index >= 15 is 0 Å². The summed E-state index contributed by atoms with van der Waals surface area (Å²) in [7, 11) is -4.15. The van der Waals surface area contributed by atoms with E-state index in [1.165, 1.54) is 17.0 Å².